The molecular weight excluding hydrogens is 192 g/mol. The van der Waals surface area contributed by atoms with E-state index in [0.29, 0.717) is 18.8 Å². The molecule has 1 heterocycles. The molecule has 0 N–H and O–H groups in total. The molecule has 0 atom stereocenters. The van der Waals surface area contributed by atoms with E-state index in [1.165, 1.54) is 0 Å². The molecule has 0 saturated carbocycles. The molecule has 2 rings (SSSR count). The van der Waals surface area contributed by atoms with Crippen molar-refractivity contribution in [3.05, 3.63) is 35.4 Å². The van der Waals surface area contributed by atoms with Crippen LogP contribution >= 0.6 is 0 Å². The van der Waals surface area contributed by atoms with Crippen LogP contribution in [0, 0.1) is 0 Å². The fraction of sp³-hybridized carbons (Fsp3) is 0.417. The third-order valence-electron chi connectivity index (χ3n) is 2.00. The highest BCUT2D eigenvalue weighted by Crippen LogP contribution is 2.25. The predicted molar refractivity (Wildman–Crippen MR) is 57.8 cm³/mol. The summed E-state index contributed by atoms with van der Waals surface area (Å²) in [6.07, 6.45) is 0.460. The van der Waals surface area contributed by atoms with Crippen molar-refractivity contribution in [2.45, 2.75) is 20.1 Å². The van der Waals surface area contributed by atoms with E-state index in [1.54, 1.807) is 6.07 Å². The van der Waals surface area contributed by atoms with E-state index in [1.807, 2.05) is 32.0 Å². The number of carbonyl (C=O) groups excluding carboxylic acids is 1. The molecule has 1 fully saturated rings. The van der Waals surface area contributed by atoms with Crippen molar-refractivity contribution in [3.8, 4) is 0 Å². The van der Waals surface area contributed by atoms with Crippen molar-refractivity contribution in [3.63, 3.8) is 0 Å². The summed E-state index contributed by atoms with van der Waals surface area (Å²) < 4.78 is 10.6. The van der Waals surface area contributed by atoms with Crippen molar-refractivity contribution in [1.29, 1.82) is 0 Å². The van der Waals surface area contributed by atoms with Crippen LogP contribution in [0.4, 0.5) is 0 Å². The third-order valence-corrected chi connectivity index (χ3v) is 2.00. The first-order chi connectivity index (χ1) is 7.42. The van der Waals surface area contributed by atoms with Gasteiger partial charge in [0.25, 0.3) is 0 Å². The molecule has 15 heavy (non-hydrogen) atoms. The average molecular weight is 208 g/mol. The lowest BCUT2D eigenvalue weighted by Crippen LogP contribution is -2.01. The third kappa shape index (κ3) is 2.88. The van der Waals surface area contributed by atoms with Crippen LogP contribution in [0.15, 0.2) is 24.3 Å². The predicted octanol–water partition coefficient (Wildman–Crippen LogP) is 2.57. The van der Waals surface area contributed by atoms with Gasteiger partial charge in [-0.15, -0.1) is 0 Å². The molecule has 0 spiro atoms. The van der Waals surface area contributed by atoms with Crippen LogP contribution in [0.25, 0.3) is 0 Å². The molecule has 0 unspecified atom stereocenters. The van der Waals surface area contributed by atoms with Gasteiger partial charge in [0.1, 0.15) is 0 Å². The van der Waals surface area contributed by atoms with Crippen molar-refractivity contribution >= 4 is 6.29 Å². The zero-order valence-corrected chi connectivity index (χ0v) is 9.10. The van der Waals surface area contributed by atoms with E-state index < -0.39 is 0 Å². The molecule has 0 amide bonds. The molecule has 3 nitrogen and oxygen atoms in total. The van der Waals surface area contributed by atoms with E-state index in [-0.39, 0.29) is 6.29 Å². The minimum absolute atomic E-state index is 0.360. The minimum Gasteiger partial charge on any atom is -0.346 e. The summed E-state index contributed by atoms with van der Waals surface area (Å²) in [5.41, 5.74) is 1.45. The van der Waals surface area contributed by atoms with Crippen molar-refractivity contribution in [1.82, 2.24) is 0 Å². The maximum atomic E-state index is 10.7. The van der Waals surface area contributed by atoms with Crippen LogP contribution in [-0.2, 0) is 9.47 Å². The monoisotopic (exact) mass is 208 g/mol. The molecule has 1 aromatic rings. The zero-order chi connectivity index (χ0) is 11.1. The Kier molecular flexibility index (Phi) is 5.01. The molecule has 0 radical (unpaired) electrons. The Morgan fingerprint density at radius 3 is 2.40 bits per heavy atom. The molecule has 0 bridgehead atoms. The molecule has 1 aliphatic heterocycles. The van der Waals surface area contributed by atoms with Crippen molar-refractivity contribution < 1.29 is 14.3 Å². The first-order valence-electron chi connectivity index (χ1n) is 5.19. The summed E-state index contributed by atoms with van der Waals surface area (Å²) in [5, 5.41) is 0. The molecule has 0 aliphatic carbocycles. The second kappa shape index (κ2) is 6.32. The summed E-state index contributed by atoms with van der Waals surface area (Å²) in [5.74, 6) is 0. The van der Waals surface area contributed by atoms with Crippen LogP contribution in [0.1, 0.15) is 36.1 Å². The van der Waals surface area contributed by atoms with Crippen LogP contribution < -0.4 is 0 Å². The Morgan fingerprint density at radius 1 is 1.20 bits per heavy atom. The standard InChI is InChI=1S/C10H10O3.C2H6/c11-7-8-3-1-2-4-9(8)10-12-5-6-13-10;1-2/h1-4,7,10H,5-6H2;1-2H3. The second-order valence-electron chi connectivity index (χ2n) is 2.82. The largest absolute Gasteiger partial charge is 0.346 e. The number of hydrogen-bond acceptors (Lipinski definition) is 3. The topological polar surface area (TPSA) is 35.5 Å². The van der Waals surface area contributed by atoms with E-state index in [0.717, 1.165) is 11.8 Å². The number of benzene rings is 1. The molecular formula is C12H16O3. The van der Waals surface area contributed by atoms with Gasteiger partial charge in [-0.1, -0.05) is 38.1 Å². The van der Waals surface area contributed by atoms with E-state index >= 15 is 0 Å². The van der Waals surface area contributed by atoms with Crippen LogP contribution in [-0.4, -0.2) is 19.5 Å². The molecule has 0 aromatic heterocycles. The summed E-state index contributed by atoms with van der Waals surface area (Å²) in [6.45, 7) is 5.19. The van der Waals surface area contributed by atoms with E-state index in [2.05, 4.69) is 0 Å². The molecule has 1 aliphatic rings. The number of hydrogen-bond donors (Lipinski definition) is 0. The first kappa shape index (κ1) is 11.9. The lowest BCUT2D eigenvalue weighted by atomic mass is 10.1. The molecule has 82 valence electrons. The number of rotatable bonds is 2. The van der Waals surface area contributed by atoms with Gasteiger partial charge in [-0.05, 0) is 0 Å². The average Bonchev–Trinajstić information content (AvgIpc) is 2.85. The van der Waals surface area contributed by atoms with Gasteiger partial charge in [-0.25, -0.2) is 0 Å². The molecule has 3 heteroatoms. The Morgan fingerprint density at radius 2 is 1.80 bits per heavy atom. The van der Waals surface area contributed by atoms with E-state index in [9.17, 15) is 4.79 Å². The Bertz CT molecular complexity index is 303. The normalized spacial score (nSPS) is 15.6. The number of ether oxygens (including phenoxy) is 2. The van der Waals surface area contributed by atoms with Gasteiger partial charge >= 0.3 is 0 Å². The van der Waals surface area contributed by atoms with Gasteiger partial charge in [-0.2, -0.15) is 0 Å². The maximum Gasteiger partial charge on any atom is 0.184 e. The van der Waals surface area contributed by atoms with Crippen molar-refractivity contribution in [2.75, 3.05) is 13.2 Å². The lowest BCUT2D eigenvalue weighted by Gasteiger charge is -2.10. The Labute approximate surface area is 90.0 Å². The lowest BCUT2D eigenvalue weighted by molar-refractivity contribution is -0.0444. The Balaban J connectivity index is 0.000000531. The summed E-state index contributed by atoms with van der Waals surface area (Å²) in [6, 6.07) is 7.29. The quantitative estimate of drug-likeness (QED) is 0.701. The summed E-state index contributed by atoms with van der Waals surface area (Å²) in [7, 11) is 0. The highest BCUT2D eigenvalue weighted by atomic mass is 16.7. The fourth-order valence-corrected chi connectivity index (χ4v) is 1.37. The minimum atomic E-state index is -0.360. The van der Waals surface area contributed by atoms with Gasteiger partial charge in [0, 0.05) is 11.1 Å². The van der Waals surface area contributed by atoms with Gasteiger partial charge in [0.15, 0.2) is 12.6 Å². The zero-order valence-electron chi connectivity index (χ0n) is 9.10. The fourth-order valence-electron chi connectivity index (χ4n) is 1.37. The van der Waals surface area contributed by atoms with Crippen LogP contribution in [0.2, 0.25) is 0 Å². The van der Waals surface area contributed by atoms with Gasteiger partial charge in [0.2, 0.25) is 0 Å². The smallest absolute Gasteiger partial charge is 0.184 e. The maximum absolute atomic E-state index is 10.7. The number of carbonyl (C=O) groups is 1. The Hall–Kier alpha value is -1.19. The number of aldehydes is 1. The summed E-state index contributed by atoms with van der Waals surface area (Å²) in [4.78, 5) is 10.7. The van der Waals surface area contributed by atoms with Crippen LogP contribution in [0.5, 0.6) is 0 Å². The van der Waals surface area contributed by atoms with Gasteiger partial charge in [0.05, 0.1) is 13.2 Å². The van der Waals surface area contributed by atoms with Crippen molar-refractivity contribution in [2.24, 2.45) is 0 Å². The van der Waals surface area contributed by atoms with E-state index in [4.69, 9.17) is 9.47 Å². The van der Waals surface area contributed by atoms with Gasteiger partial charge < -0.3 is 9.47 Å². The second-order valence-corrected chi connectivity index (χ2v) is 2.82. The summed E-state index contributed by atoms with van der Waals surface area (Å²) >= 11 is 0. The SMILES string of the molecule is CC.O=Cc1ccccc1C1OCCO1. The molecule has 1 saturated heterocycles. The highest BCUT2D eigenvalue weighted by molar-refractivity contribution is 5.77. The van der Waals surface area contributed by atoms with Crippen LogP contribution in [0.3, 0.4) is 0 Å². The first-order valence-corrected chi connectivity index (χ1v) is 5.19. The molecule has 1 aromatic carbocycles. The highest BCUT2D eigenvalue weighted by Gasteiger charge is 2.20. The van der Waals surface area contributed by atoms with Gasteiger partial charge in [-0.3, -0.25) is 4.79 Å².